The minimum absolute atomic E-state index is 0.197. The molecule has 2 aromatic carbocycles. The zero-order valence-corrected chi connectivity index (χ0v) is 20.6. The van der Waals surface area contributed by atoms with Crippen LogP contribution in [0.5, 0.6) is 5.75 Å². The first-order chi connectivity index (χ1) is 15.9. The molecule has 2 fully saturated rings. The normalized spacial score (nSPS) is 17.5. The van der Waals surface area contributed by atoms with E-state index in [1.807, 2.05) is 12.1 Å². The average Bonchev–Trinajstić information content (AvgIpc) is 3.08. The second-order valence-electron chi connectivity index (χ2n) is 7.65. The van der Waals surface area contributed by atoms with E-state index in [4.69, 9.17) is 4.74 Å². The predicted molar refractivity (Wildman–Crippen MR) is 134 cm³/mol. The molecule has 4 rings (SSSR count). The van der Waals surface area contributed by atoms with Crippen molar-refractivity contribution in [2.24, 2.45) is 0 Å². The van der Waals surface area contributed by atoms with Gasteiger partial charge in [-0.2, -0.15) is 0 Å². The summed E-state index contributed by atoms with van der Waals surface area (Å²) in [6.45, 7) is 1.12. The van der Waals surface area contributed by atoms with Crippen LogP contribution >= 0.6 is 34.4 Å². The van der Waals surface area contributed by atoms with Crippen LogP contribution in [-0.2, 0) is 9.59 Å². The van der Waals surface area contributed by atoms with Crippen LogP contribution in [0, 0.1) is 3.57 Å². The molecule has 2 heterocycles. The average molecular weight is 576 g/mol. The highest BCUT2D eigenvalue weighted by Gasteiger charge is 2.37. The van der Waals surface area contributed by atoms with Crippen molar-refractivity contribution in [1.82, 2.24) is 9.80 Å². The summed E-state index contributed by atoms with van der Waals surface area (Å²) in [5.74, 6) is -0.744. The Bertz CT molecular complexity index is 1130. The van der Waals surface area contributed by atoms with E-state index in [0.717, 1.165) is 39.5 Å². The summed E-state index contributed by atoms with van der Waals surface area (Å²) in [6, 6.07) is 13.8. The number of rotatable bonds is 5. The van der Waals surface area contributed by atoms with E-state index in [0.29, 0.717) is 30.0 Å². The van der Waals surface area contributed by atoms with Gasteiger partial charge in [0.2, 0.25) is 5.91 Å². The predicted octanol–water partition coefficient (Wildman–Crippen LogP) is 4.56. The van der Waals surface area contributed by atoms with Crippen molar-refractivity contribution in [3.63, 3.8) is 0 Å². The van der Waals surface area contributed by atoms with E-state index >= 15 is 0 Å². The maximum atomic E-state index is 12.7. The highest BCUT2D eigenvalue weighted by Crippen LogP contribution is 2.32. The summed E-state index contributed by atoms with van der Waals surface area (Å²) in [5.41, 5.74) is 1.16. The largest absolute Gasteiger partial charge is 0.423 e. The third-order valence-electron chi connectivity index (χ3n) is 5.36. The standard InChI is InChI=1S/C24H21IN2O5S/c25-19-7-3-2-6-18(19)23(30)32-17-10-8-16(9-11-17)14-20-22(29)27(24(31)33-20)15-21(28)26-12-4-1-5-13-26/h2-3,6-11,14H,1,4-5,12-13,15H2/b20-14-. The quantitative estimate of drug-likeness (QED) is 0.225. The third kappa shape index (κ3) is 5.64. The smallest absolute Gasteiger partial charge is 0.344 e. The van der Waals surface area contributed by atoms with Crippen LogP contribution in [0.2, 0.25) is 0 Å². The van der Waals surface area contributed by atoms with E-state index in [9.17, 15) is 19.2 Å². The van der Waals surface area contributed by atoms with Crippen LogP contribution in [0.15, 0.2) is 53.4 Å². The van der Waals surface area contributed by atoms with E-state index in [1.165, 1.54) is 0 Å². The summed E-state index contributed by atoms with van der Waals surface area (Å²) in [6.07, 6.45) is 4.59. The van der Waals surface area contributed by atoms with E-state index in [2.05, 4.69) is 22.6 Å². The lowest BCUT2D eigenvalue weighted by Crippen LogP contribution is -2.44. The van der Waals surface area contributed by atoms with Crippen molar-refractivity contribution in [1.29, 1.82) is 0 Å². The Morgan fingerprint density at radius 1 is 1.00 bits per heavy atom. The number of ether oxygens (including phenoxy) is 1. The fourth-order valence-corrected chi connectivity index (χ4v) is 5.03. The highest BCUT2D eigenvalue weighted by atomic mass is 127. The van der Waals surface area contributed by atoms with Gasteiger partial charge in [-0.15, -0.1) is 0 Å². The molecular weight excluding hydrogens is 555 g/mol. The molecule has 33 heavy (non-hydrogen) atoms. The molecular formula is C24H21IN2O5S. The van der Waals surface area contributed by atoms with Crippen LogP contribution in [-0.4, -0.2) is 52.5 Å². The van der Waals surface area contributed by atoms with Gasteiger partial charge >= 0.3 is 5.97 Å². The molecule has 7 nitrogen and oxygen atoms in total. The maximum Gasteiger partial charge on any atom is 0.344 e. The Morgan fingerprint density at radius 3 is 2.39 bits per heavy atom. The zero-order valence-electron chi connectivity index (χ0n) is 17.7. The van der Waals surface area contributed by atoms with Crippen LogP contribution in [0.25, 0.3) is 6.08 Å². The zero-order chi connectivity index (χ0) is 23.4. The molecule has 0 spiro atoms. The molecule has 2 aliphatic rings. The van der Waals surface area contributed by atoms with Gasteiger partial charge in [-0.05, 0) is 89.5 Å². The Kier molecular flexibility index (Phi) is 7.49. The van der Waals surface area contributed by atoms with Gasteiger partial charge in [-0.3, -0.25) is 19.3 Å². The van der Waals surface area contributed by atoms with Gasteiger partial charge in [-0.1, -0.05) is 24.3 Å². The Morgan fingerprint density at radius 2 is 1.70 bits per heavy atom. The SMILES string of the molecule is O=C(Oc1ccc(/C=C2\SC(=O)N(CC(=O)N3CCCCC3)C2=O)cc1)c1ccccc1I. The lowest BCUT2D eigenvalue weighted by atomic mass is 10.1. The first kappa shape index (κ1) is 23.5. The summed E-state index contributed by atoms with van der Waals surface area (Å²) in [7, 11) is 0. The van der Waals surface area contributed by atoms with E-state index in [1.54, 1.807) is 47.4 Å². The number of imide groups is 1. The second-order valence-corrected chi connectivity index (χ2v) is 9.80. The van der Waals surface area contributed by atoms with Gasteiger partial charge in [-0.25, -0.2) is 4.79 Å². The lowest BCUT2D eigenvalue weighted by Gasteiger charge is -2.27. The lowest BCUT2D eigenvalue weighted by molar-refractivity contribution is -0.136. The van der Waals surface area contributed by atoms with Crippen molar-refractivity contribution < 1.29 is 23.9 Å². The van der Waals surface area contributed by atoms with Gasteiger partial charge in [0.05, 0.1) is 10.5 Å². The highest BCUT2D eigenvalue weighted by molar-refractivity contribution is 14.1. The molecule has 3 amide bonds. The van der Waals surface area contributed by atoms with Crippen molar-refractivity contribution in [3.05, 3.63) is 68.1 Å². The number of thioether (sulfide) groups is 1. The molecule has 0 unspecified atom stereocenters. The van der Waals surface area contributed by atoms with Crippen molar-refractivity contribution in [2.45, 2.75) is 19.3 Å². The number of hydrogen-bond donors (Lipinski definition) is 0. The van der Waals surface area contributed by atoms with Crippen LogP contribution in [0.3, 0.4) is 0 Å². The number of carbonyl (C=O) groups is 4. The van der Waals surface area contributed by atoms with Gasteiger partial charge in [0.25, 0.3) is 11.1 Å². The molecule has 9 heteroatoms. The Labute approximate surface area is 209 Å². The second kappa shape index (κ2) is 10.5. The van der Waals surface area contributed by atoms with Crippen molar-refractivity contribution in [2.75, 3.05) is 19.6 Å². The molecule has 0 aromatic heterocycles. The molecule has 0 atom stereocenters. The first-order valence-corrected chi connectivity index (χ1v) is 12.4. The molecule has 2 aliphatic heterocycles. The molecule has 170 valence electrons. The summed E-state index contributed by atoms with van der Waals surface area (Å²) >= 11 is 2.90. The fraction of sp³-hybridized carbons (Fsp3) is 0.250. The van der Waals surface area contributed by atoms with Crippen molar-refractivity contribution >= 4 is 63.5 Å². The number of carbonyl (C=O) groups excluding carboxylic acids is 4. The minimum atomic E-state index is -0.468. The fourth-order valence-electron chi connectivity index (χ4n) is 3.59. The molecule has 0 saturated carbocycles. The number of hydrogen-bond acceptors (Lipinski definition) is 6. The summed E-state index contributed by atoms with van der Waals surface area (Å²) in [4.78, 5) is 52.9. The number of likely N-dealkylation sites (tertiary alicyclic amines) is 1. The molecule has 0 bridgehead atoms. The molecule has 2 aromatic rings. The number of benzene rings is 2. The third-order valence-corrected chi connectivity index (χ3v) is 7.21. The monoisotopic (exact) mass is 576 g/mol. The van der Waals surface area contributed by atoms with E-state index < -0.39 is 17.1 Å². The van der Waals surface area contributed by atoms with E-state index in [-0.39, 0.29) is 17.4 Å². The van der Waals surface area contributed by atoms with Crippen LogP contribution in [0.4, 0.5) is 4.79 Å². The molecule has 0 N–H and O–H groups in total. The molecule has 0 radical (unpaired) electrons. The number of esters is 1. The number of halogens is 1. The van der Waals surface area contributed by atoms with Gasteiger partial charge < -0.3 is 9.64 Å². The van der Waals surface area contributed by atoms with Crippen molar-refractivity contribution in [3.8, 4) is 5.75 Å². The van der Waals surface area contributed by atoms with Crippen LogP contribution < -0.4 is 4.74 Å². The van der Waals surface area contributed by atoms with Gasteiger partial charge in [0, 0.05) is 16.7 Å². The summed E-state index contributed by atoms with van der Waals surface area (Å²) < 4.78 is 6.22. The summed E-state index contributed by atoms with van der Waals surface area (Å²) in [5, 5.41) is -0.445. The van der Waals surface area contributed by atoms with Crippen LogP contribution in [0.1, 0.15) is 35.2 Å². The maximum absolute atomic E-state index is 12.7. The topological polar surface area (TPSA) is 84.0 Å². The number of nitrogens with zero attached hydrogens (tertiary/aromatic N) is 2. The first-order valence-electron chi connectivity index (χ1n) is 10.5. The number of piperidine rings is 1. The molecule has 2 saturated heterocycles. The molecule has 0 aliphatic carbocycles. The minimum Gasteiger partial charge on any atom is -0.423 e. The number of amides is 3. The Hall–Kier alpha value is -2.66. The Balaban J connectivity index is 1.40. The van der Waals surface area contributed by atoms with Gasteiger partial charge in [0.1, 0.15) is 12.3 Å². The van der Waals surface area contributed by atoms with Gasteiger partial charge in [0.15, 0.2) is 0 Å².